The van der Waals surface area contributed by atoms with E-state index in [1.807, 2.05) is 0 Å². The fraction of sp³-hybridized carbons (Fsp3) is 0.364. The number of aryl methyl sites for hydroxylation is 1. The van der Waals surface area contributed by atoms with Crippen molar-refractivity contribution in [3.63, 3.8) is 0 Å². The maximum Gasteiger partial charge on any atom is 0.341 e. The molecule has 1 rings (SSSR count). The number of carboxylic acid groups (broad SMARTS) is 1. The third kappa shape index (κ3) is 2.72. The van der Waals surface area contributed by atoms with Gasteiger partial charge in [0.25, 0.3) is 5.56 Å². The topological polar surface area (TPSA) is 79.6 Å². The van der Waals surface area contributed by atoms with Crippen LogP contribution in [-0.4, -0.2) is 40.5 Å². The van der Waals surface area contributed by atoms with Crippen LogP contribution in [-0.2, 0) is 11.3 Å². The largest absolute Gasteiger partial charge is 0.477 e. The lowest BCUT2D eigenvalue weighted by atomic mass is 10.2. The zero-order valence-electron chi connectivity index (χ0n) is 9.93. The second-order valence-electron chi connectivity index (χ2n) is 3.87. The number of carboxylic acids is 1. The van der Waals surface area contributed by atoms with Crippen molar-refractivity contribution in [2.24, 2.45) is 0 Å². The molecule has 0 aromatic carbocycles. The number of amides is 1. The molecule has 6 nitrogen and oxygen atoms in total. The number of hydrogen-bond acceptors (Lipinski definition) is 3. The van der Waals surface area contributed by atoms with E-state index in [1.165, 1.54) is 17.0 Å². The molecule has 0 aliphatic heterocycles. The van der Waals surface area contributed by atoms with Gasteiger partial charge in [0, 0.05) is 19.8 Å². The van der Waals surface area contributed by atoms with Crippen LogP contribution in [0.3, 0.4) is 0 Å². The van der Waals surface area contributed by atoms with Gasteiger partial charge in [-0.25, -0.2) is 4.79 Å². The number of nitrogens with zero attached hydrogens (tertiary/aromatic N) is 2. The number of likely N-dealkylation sites (N-methyl/N-ethyl adjacent to an activating group) is 1. The zero-order chi connectivity index (χ0) is 13.2. The maximum absolute atomic E-state index is 11.8. The molecule has 0 saturated carbocycles. The fourth-order valence-electron chi connectivity index (χ4n) is 1.31. The van der Waals surface area contributed by atoms with Crippen molar-refractivity contribution in [2.75, 3.05) is 14.1 Å². The van der Waals surface area contributed by atoms with Crippen LogP contribution in [0.15, 0.2) is 16.9 Å². The molecule has 0 aliphatic carbocycles. The van der Waals surface area contributed by atoms with Crippen molar-refractivity contribution in [1.29, 1.82) is 0 Å². The lowest BCUT2D eigenvalue weighted by Gasteiger charge is -2.14. The molecule has 1 N–H and O–H groups in total. The Bertz CT molecular complexity index is 517. The lowest BCUT2D eigenvalue weighted by Crippen LogP contribution is -2.34. The van der Waals surface area contributed by atoms with Crippen LogP contribution >= 0.6 is 0 Å². The first-order valence-corrected chi connectivity index (χ1v) is 4.98. The summed E-state index contributed by atoms with van der Waals surface area (Å²) in [5.74, 6) is -1.56. The molecule has 1 aromatic heterocycles. The molecule has 0 saturated heterocycles. The molecule has 1 heterocycles. The van der Waals surface area contributed by atoms with Crippen LogP contribution in [0.25, 0.3) is 0 Å². The van der Waals surface area contributed by atoms with Gasteiger partial charge in [-0.05, 0) is 19.1 Å². The van der Waals surface area contributed by atoms with Crippen molar-refractivity contribution < 1.29 is 14.7 Å². The molecular formula is C11H14N2O4. The summed E-state index contributed by atoms with van der Waals surface area (Å²) in [6, 6.07) is 2.75. The van der Waals surface area contributed by atoms with E-state index in [0.29, 0.717) is 5.69 Å². The number of carbonyl (C=O) groups is 2. The third-order valence-electron chi connectivity index (χ3n) is 2.42. The van der Waals surface area contributed by atoms with E-state index in [4.69, 9.17) is 5.11 Å². The molecule has 0 spiro atoms. The Labute approximate surface area is 98.1 Å². The van der Waals surface area contributed by atoms with Gasteiger partial charge in [-0.1, -0.05) is 0 Å². The molecule has 0 fully saturated rings. The van der Waals surface area contributed by atoms with Crippen molar-refractivity contribution in [3.05, 3.63) is 33.7 Å². The number of rotatable bonds is 3. The number of hydrogen-bond donors (Lipinski definition) is 1. The first-order valence-electron chi connectivity index (χ1n) is 4.98. The van der Waals surface area contributed by atoms with E-state index in [2.05, 4.69) is 0 Å². The van der Waals surface area contributed by atoms with Gasteiger partial charge >= 0.3 is 5.97 Å². The van der Waals surface area contributed by atoms with E-state index in [0.717, 1.165) is 4.57 Å². The quantitative estimate of drug-likeness (QED) is 0.800. The van der Waals surface area contributed by atoms with Crippen LogP contribution in [0.5, 0.6) is 0 Å². The second kappa shape index (κ2) is 4.82. The molecule has 1 amide bonds. The fourth-order valence-corrected chi connectivity index (χ4v) is 1.31. The summed E-state index contributed by atoms with van der Waals surface area (Å²) in [6.07, 6.45) is 0. The summed E-state index contributed by atoms with van der Waals surface area (Å²) in [5.41, 5.74) is -0.440. The minimum Gasteiger partial charge on any atom is -0.477 e. The van der Waals surface area contributed by atoms with Gasteiger partial charge in [0.1, 0.15) is 12.1 Å². The van der Waals surface area contributed by atoms with Crippen molar-refractivity contribution >= 4 is 11.9 Å². The minimum absolute atomic E-state index is 0.154. The Morgan fingerprint density at radius 3 is 2.41 bits per heavy atom. The van der Waals surface area contributed by atoms with Gasteiger partial charge in [-0.3, -0.25) is 9.59 Å². The molecule has 0 atom stereocenters. The number of aromatic nitrogens is 1. The summed E-state index contributed by atoms with van der Waals surface area (Å²) in [5, 5.41) is 8.82. The van der Waals surface area contributed by atoms with Crippen LogP contribution in [0.4, 0.5) is 0 Å². The highest BCUT2D eigenvalue weighted by Gasteiger charge is 2.14. The monoisotopic (exact) mass is 238 g/mol. The summed E-state index contributed by atoms with van der Waals surface area (Å²) < 4.78 is 1.16. The molecule has 0 unspecified atom stereocenters. The summed E-state index contributed by atoms with van der Waals surface area (Å²) >= 11 is 0. The van der Waals surface area contributed by atoms with E-state index >= 15 is 0 Å². The average molecular weight is 238 g/mol. The van der Waals surface area contributed by atoms with E-state index in [9.17, 15) is 14.4 Å². The van der Waals surface area contributed by atoms with E-state index in [1.54, 1.807) is 21.0 Å². The molecule has 0 bridgehead atoms. The van der Waals surface area contributed by atoms with Gasteiger partial charge in [0.2, 0.25) is 5.91 Å². The Balaban J connectivity index is 3.24. The molecule has 17 heavy (non-hydrogen) atoms. The number of aromatic carboxylic acids is 1. The highest BCUT2D eigenvalue weighted by Crippen LogP contribution is 1.99. The number of carbonyl (C=O) groups excluding carboxylic acids is 1. The predicted molar refractivity (Wildman–Crippen MR) is 61.1 cm³/mol. The van der Waals surface area contributed by atoms with Gasteiger partial charge in [0.15, 0.2) is 0 Å². The maximum atomic E-state index is 11.8. The third-order valence-corrected chi connectivity index (χ3v) is 2.42. The summed E-state index contributed by atoms with van der Waals surface area (Å²) in [7, 11) is 3.15. The molecule has 1 aromatic rings. The van der Waals surface area contributed by atoms with Crippen LogP contribution in [0, 0.1) is 6.92 Å². The van der Waals surface area contributed by atoms with E-state index < -0.39 is 11.5 Å². The van der Waals surface area contributed by atoms with Crippen molar-refractivity contribution in [3.8, 4) is 0 Å². The first kappa shape index (κ1) is 13.0. The summed E-state index contributed by atoms with van der Waals surface area (Å²) in [4.78, 5) is 35.5. The lowest BCUT2D eigenvalue weighted by molar-refractivity contribution is -0.129. The Hall–Kier alpha value is -2.11. The standard InChI is InChI=1S/C11H14N2O4/c1-7-4-5-8(11(16)17)10(15)13(7)6-9(14)12(2)3/h4-5H,6H2,1-3H3,(H,16,17). The highest BCUT2D eigenvalue weighted by atomic mass is 16.4. The SMILES string of the molecule is Cc1ccc(C(=O)O)c(=O)n1CC(=O)N(C)C. The normalized spacial score (nSPS) is 10.1. The molecule has 0 aliphatic rings. The second-order valence-corrected chi connectivity index (χ2v) is 3.87. The molecule has 6 heteroatoms. The van der Waals surface area contributed by atoms with E-state index in [-0.39, 0.29) is 18.0 Å². The van der Waals surface area contributed by atoms with Gasteiger partial charge < -0.3 is 14.6 Å². The smallest absolute Gasteiger partial charge is 0.341 e. The Morgan fingerprint density at radius 2 is 1.94 bits per heavy atom. The van der Waals surface area contributed by atoms with Crippen LogP contribution in [0.1, 0.15) is 16.1 Å². The van der Waals surface area contributed by atoms with Gasteiger partial charge in [0.05, 0.1) is 0 Å². The highest BCUT2D eigenvalue weighted by molar-refractivity contribution is 5.87. The Morgan fingerprint density at radius 1 is 1.35 bits per heavy atom. The Kier molecular flexibility index (Phi) is 3.67. The minimum atomic E-state index is -1.29. The average Bonchev–Trinajstić information content (AvgIpc) is 2.22. The number of pyridine rings is 1. The molecular weight excluding hydrogens is 224 g/mol. The first-order chi connectivity index (χ1) is 7.84. The molecule has 92 valence electrons. The zero-order valence-corrected chi connectivity index (χ0v) is 9.93. The van der Waals surface area contributed by atoms with Crippen molar-refractivity contribution in [2.45, 2.75) is 13.5 Å². The molecule has 0 radical (unpaired) electrons. The van der Waals surface area contributed by atoms with Gasteiger partial charge in [-0.2, -0.15) is 0 Å². The predicted octanol–water partition coefficient (Wildman–Crippen LogP) is -0.0569. The summed E-state index contributed by atoms with van der Waals surface area (Å²) in [6.45, 7) is 1.49. The van der Waals surface area contributed by atoms with Crippen LogP contribution < -0.4 is 5.56 Å². The van der Waals surface area contributed by atoms with Gasteiger partial charge in [-0.15, -0.1) is 0 Å². The van der Waals surface area contributed by atoms with Crippen LogP contribution in [0.2, 0.25) is 0 Å². The van der Waals surface area contributed by atoms with Crippen molar-refractivity contribution in [1.82, 2.24) is 9.47 Å².